The van der Waals surface area contributed by atoms with E-state index in [0.29, 0.717) is 33.1 Å². The van der Waals surface area contributed by atoms with Gasteiger partial charge in [-0.3, -0.25) is 9.59 Å². The number of dihydropyridines is 1. The lowest BCUT2D eigenvalue weighted by atomic mass is 9.86. The average Bonchev–Trinajstić information content (AvgIpc) is 3.37. The first-order valence-corrected chi connectivity index (χ1v) is 12.3. The first-order valence-electron chi connectivity index (χ1n) is 10.4. The summed E-state index contributed by atoms with van der Waals surface area (Å²) in [5.41, 5.74) is 2.50. The number of carbonyl (C=O) groups is 2. The molecule has 0 unspecified atom stereocenters. The zero-order chi connectivity index (χ0) is 24.1. The van der Waals surface area contributed by atoms with Gasteiger partial charge in [-0.1, -0.05) is 36.0 Å². The van der Waals surface area contributed by atoms with Gasteiger partial charge in [0.15, 0.2) is 5.78 Å². The molecule has 0 aliphatic carbocycles. The summed E-state index contributed by atoms with van der Waals surface area (Å²) in [6.07, 6.45) is 0. The van der Waals surface area contributed by atoms with E-state index in [-0.39, 0.29) is 17.4 Å². The SMILES string of the molecule is CC1=C(C(=O)Nc2ccccc2)[C@@H](c2cccs2)C(C#N)=C(SCC(=O)c2ccc(F)cc2)N1. The van der Waals surface area contributed by atoms with Gasteiger partial charge >= 0.3 is 0 Å². The van der Waals surface area contributed by atoms with Gasteiger partial charge in [0.25, 0.3) is 5.91 Å². The van der Waals surface area contributed by atoms with Crippen LogP contribution in [-0.2, 0) is 4.79 Å². The molecule has 0 bridgehead atoms. The van der Waals surface area contributed by atoms with Crippen molar-refractivity contribution in [2.45, 2.75) is 12.8 Å². The fourth-order valence-corrected chi connectivity index (χ4v) is 5.47. The number of anilines is 1. The van der Waals surface area contributed by atoms with Gasteiger partial charge in [-0.25, -0.2) is 4.39 Å². The van der Waals surface area contributed by atoms with Gasteiger partial charge in [0.05, 0.1) is 28.3 Å². The maximum Gasteiger partial charge on any atom is 0.254 e. The highest BCUT2D eigenvalue weighted by atomic mass is 32.2. The van der Waals surface area contributed by atoms with Crippen molar-refractivity contribution in [3.63, 3.8) is 0 Å². The van der Waals surface area contributed by atoms with Crippen molar-refractivity contribution >= 4 is 40.5 Å². The summed E-state index contributed by atoms with van der Waals surface area (Å²) < 4.78 is 13.2. The second kappa shape index (κ2) is 10.5. The molecule has 0 saturated heterocycles. The van der Waals surface area contributed by atoms with E-state index in [1.54, 1.807) is 19.1 Å². The third-order valence-corrected chi connectivity index (χ3v) is 7.22. The van der Waals surface area contributed by atoms with E-state index in [0.717, 1.165) is 4.88 Å². The fourth-order valence-electron chi connectivity index (χ4n) is 3.64. The van der Waals surface area contributed by atoms with E-state index in [2.05, 4.69) is 16.7 Å². The number of benzene rings is 2. The summed E-state index contributed by atoms with van der Waals surface area (Å²) in [7, 11) is 0. The van der Waals surface area contributed by atoms with Crippen molar-refractivity contribution in [1.82, 2.24) is 5.32 Å². The van der Waals surface area contributed by atoms with Crippen LogP contribution < -0.4 is 10.6 Å². The van der Waals surface area contributed by atoms with E-state index in [9.17, 15) is 19.2 Å². The number of thiophene rings is 1. The van der Waals surface area contributed by atoms with Gasteiger partial charge in [-0.05, 0) is 54.8 Å². The minimum absolute atomic E-state index is 0.0646. The zero-order valence-corrected chi connectivity index (χ0v) is 19.8. The van der Waals surface area contributed by atoms with Gasteiger partial charge in [0.2, 0.25) is 0 Å². The van der Waals surface area contributed by atoms with Gasteiger partial charge in [0, 0.05) is 27.4 Å². The summed E-state index contributed by atoms with van der Waals surface area (Å²) in [5.74, 6) is -1.38. The number of hydrogen-bond acceptors (Lipinski definition) is 6. The summed E-state index contributed by atoms with van der Waals surface area (Å²) in [6.45, 7) is 1.79. The van der Waals surface area contributed by atoms with E-state index in [4.69, 9.17) is 0 Å². The summed E-state index contributed by atoms with van der Waals surface area (Å²) >= 11 is 2.66. The van der Waals surface area contributed by atoms with Crippen LogP contribution in [0.4, 0.5) is 10.1 Å². The number of Topliss-reactive ketones (excluding diaryl/α,β-unsaturated/α-hetero) is 1. The third kappa shape index (κ3) is 5.11. The van der Waals surface area contributed by atoms with Crippen molar-refractivity contribution in [3.05, 3.63) is 110 Å². The molecular weight excluding hydrogens is 469 g/mol. The number of halogens is 1. The van der Waals surface area contributed by atoms with Crippen LogP contribution >= 0.6 is 23.1 Å². The number of carbonyl (C=O) groups excluding carboxylic acids is 2. The molecule has 0 saturated carbocycles. The van der Waals surface area contributed by atoms with Crippen molar-refractivity contribution < 1.29 is 14.0 Å². The van der Waals surface area contributed by atoms with Gasteiger partial charge in [-0.15, -0.1) is 11.3 Å². The van der Waals surface area contributed by atoms with E-state index < -0.39 is 11.7 Å². The Morgan fingerprint density at radius 2 is 1.85 bits per heavy atom. The molecule has 0 spiro atoms. The molecule has 2 N–H and O–H groups in total. The van der Waals surface area contributed by atoms with Crippen molar-refractivity contribution in [1.29, 1.82) is 5.26 Å². The molecule has 0 fully saturated rings. The molecule has 2 heterocycles. The maximum atomic E-state index is 13.3. The Balaban J connectivity index is 1.63. The van der Waals surface area contributed by atoms with Crippen LogP contribution in [0.5, 0.6) is 0 Å². The Morgan fingerprint density at radius 1 is 1.12 bits per heavy atom. The Bertz CT molecular complexity index is 1310. The molecule has 2 aromatic carbocycles. The summed E-state index contributed by atoms with van der Waals surface area (Å²) in [6, 6.07) is 20.5. The lowest BCUT2D eigenvalue weighted by Gasteiger charge is -2.29. The number of rotatable bonds is 7. The molecule has 1 aromatic heterocycles. The molecule has 8 heteroatoms. The van der Waals surface area contributed by atoms with Gasteiger partial charge < -0.3 is 10.6 Å². The molecule has 1 atom stereocenters. The number of thioether (sulfide) groups is 1. The highest BCUT2D eigenvalue weighted by Crippen LogP contribution is 2.42. The Hall–Kier alpha value is -3.67. The predicted octanol–water partition coefficient (Wildman–Crippen LogP) is 5.84. The molecular formula is C26H20FN3O2S2. The quantitative estimate of drug-likeness (QED) is 0.408. The fraction of sp³-hybridized carbons (Fsp3) is 0.115. The van der Waals surface area contributed by atoms with Gasteiger partial charge in [-0.2, -0.15) is 5.26 Å². The number of ketones is 1. The Morgan fingerprint density at radius 3 is 2.50 bits per heavy atom. The van der Waals surface area contributed by atoms with Crippen LogP contribution in [0.3, 0.4) is 0 Å². The lowest BCUT2D eigenvalue weighted by Crippen LogP contribution is -2.30. The molecule has 1 aliphatic rings. The third-order valence-electron chi connectivity index (χ3n) is 5.27. The standard InChI is InChI=1S/C26H20FN3O2S2/c1-16-23(25(32)30-19-6-3-2-4-7-19)24(22-8-5-13-33-22)20(14-28)26(29-16)34-15-21(31)17-9-11-18(27)12-10-17/h2-13,24,29H,15H2,1H3,(H,30,32)/t24-/m1/s1. The number of amides is 1. The average molecular weight is 490 g/mol. The molecule has 3 aromatic rings. The highest BCUT2D eigenvalue weighted by Gasteiger charge is 2.35. The molecule has 1 amide bonds. The number of nitrogens with zero attached hydrogens (tertiary/aromatic N) is 1. The molecule has 34 heavy (non-hydrogen) atoms. The van der Waals surface area contributed by atoms with Crippen LogP contribution in [0.25, 0.3) is 0 Å². The second-order valence-electron chi connectivity index (χ2n) is 7.51. The van der Waals surface area contributed by atoms with Crippen molar-refractivity contribution in [3.8, 4) is 6.07 Å². The van der Waals surface area contributed by atoms with E-state index in [1.165, 1.54) is 47.4 Å². The minimum atomic E-state index is -0.557. The molecule has 5 nitrogen and oxygen atoms in total. The van der Waals surface area contributed by atoms with E-state index in [1.807, 2.05) is 35.7 Å². The predicted molar refractivity (Wildman–Crippen MR) is 134 cm³/mol. The summed E-state index contributed by atoms with van der Waals surface area (Å²) in [4.78, 5) is 26.8. The largest absolute Gasteiger partial charge is 0.353 e. The Kier molecular flexibility index (Phi) is 7.26. The first-order chi connectivity index (χ1) is 16.5. The first kappa shape index (κ1) is 23.5. The number of nitriles is 1. The smallest absolute Gasteiger partial charge is 0.254 e. The number of hydrogen-bond donors (Lipinski definition) is 2. The van der Waals surface area contributed by atoms with Crippen LogP contribution in [0, 0.1) is 17.1 Å². The zero-order valence-electron chi connectivity index (χ0n) is 18.2. The van der Waals surface area contributed by atoms with Crippen LogP contribution in [0.1, 0.15) is 28.1 Å². The van der Waals surface area contributed by atoms with E-state index >= 15 is 0 Å². The molecule has 1 aliphatic heterocycles. The lowest BCUT2D eigenvalue weighted by molar-refractivity contribution is -0.113. The highest BCUT2D eigenvalue weighted by molar-refractivity contribution is 8.03. The number of allylic oxidation sites excluding steroid dienone is 2. The normalized spacial score (nSPS) is 15.5. The van der Waals surface area contributed by atoms with Crippen LogP contribution in [0.15, 0.2) is 94.0 Å². The van der Waals surface area contributed by atoms with Crippen molar-refractivity contribution in [2.24, 2.45) is 0 Å². The maximum absolute atomic E-state index is 13.3. The molecule has 170 valence electrons. The molecule has 4 rings (SSSR count). The Labute approximate surface area is 205 Å². The van der Waals surface area contributed by atoms with Crippen LogP contribution in [0.2, 0.25) is 0 Å². The topological polar surface area (TPSA) is 82.0 Å². The van der Waals surface area contributed by atoms with Crippen LogP contribution in [-0.4, -0.2) is 17.4 Å². The van der Waals surface area contributed by atoms with Crippen molar-refractivity contribution in [2.75, 3.05) is 11.1 Å². The number of nitrogens with one attached hydrogen (secondary N) is 2. The minimum Gasteiger partial charge on any atom is -0.353 e. The summed E-state index contributed by atoms with van der Waals surface area (Å²) in [5, 5.41) is 18.6. The second-order valence-corrected chi connectivity index (χ2v) is 9.47. The number of para-hydroxylation sites is 1. The monoisotopic (exact) mass is 489 g/mol. The van der Waals surface area contributed by atoms with Gasteiger partial charge in [0.1, 0.15) is 5.82 Å². The molecule has 0 radical (unpaired) electrons.